The fraction of sp³-hybridized carbons (Fsp3) is 0.375. The van der Waals surface area contributed by atoms with E-state index < -0.39 is 0 Å². The standard InChI is InChI=1S/C8H7BrOS/c9-7-4-3-6(11-7)8(10)5-1-2-5/h3-5H,1-2H2. The summed E-state index contributed by atoms with van der Waals surface area (Å²) in [6, 6.07) is 3.83. The van der Waals surface area contributed by atoms with Crippen LogP contribution in [-0.2, 0) is 0 Å². The minimum Gasteiger partial charge on any atom is -0.293 e. The zero-order valence-electron chi connectivity index (χ0n) is 5.84. The molecule has 1 aromatic rings. The van der Waals surface area contributed by atoms with Gasteiger partial charge in [-0.2, -0.15) is 0 Å². The molecule has 0 aromatic carbocycles. The highest BCUT2D eigenvalue weighted by Gasteiger charge is 2.30. The average Bonchev–Trinajstić information content (AvgIpc) is 2.74. The molecule has 0 bridgehead atoms. The van der Waals surface area contributed by atoms with Crippen molar-refractivity contribution in [3.63, 3.8) is 0 Å². The van der Waals surface area contributed by atoms with E-state index in [1.54, 1.807) is 0 Å². The third kappa shape index (κ3) is 1.54. The number of ketones is 1. The van der Waals surface area contributed by atoms with Gasteiger partial charge in [-0.1, -0.05) is 0 Å². The third-order valence-corrected chi connectivity index (χ3v) is 3.40. The summed E-state index contributed by atoms with van der Waals surface area (Å²) in [6.07, 6.45) is 2.18. The van der Waals surface area contributed by atoms with E-state index in [9.17, 15) is 4.79 Å². The van der Waals surface area contributed by atoms with E-state index in [4.69, 9.17) is 0 Å². The molecule has 0 radical (unpaired) electrons. The summed E-state index contributed by atoms with van der Waals surface area (Å²) in [5.41, 5.74) is 0. The average molecular weight is 231 g/mol. The lowest BCUT2D eigenvalue weighted by atomic mass is 10.2. The molecule has 1 aliphatic carbocycles. The Morgan fingerprint density at radius 3 is 2.73 bits per heavy atom. The van der Waals surface area contributed by atoms with E-state index in [0.29, 0.717) is 11.7 Å². The molecule has 1 heterocycles. The van der Waals surface area contributed by atoms with Crippen molar-refractivity contribution in [2.45, 2.75) is 12.8 Å². The molecular weight excluding hydrogens is 224 g/mol. The maximum absolute atomic E-state index is 11.4. The fourth-order valence-corrected chi connectivity index (χ4v) is 2.40. The lowest BCUT2D eigenvalue weighted by Gasteiger charge is -1.89. The van der Waals surface area contributed by atoms with Crippen LogP contribution in [0, 0.1) is 5.92 Å². The Labute approximate surface area is 77.6 Å². The summed E-state index contributed by atoms with van der Waals surface area (Å²) in [7, 11) is 0. The minimum absolute atomic E-state index is 0.334. The number of halogens is 1. The van der Waals surface area contributed by atoms with Crippen LogP contribution in [-0.4, -0.2) is 5.78 Å². The smallest absolute Gasteiger partial charge is 0.175 e. The first-order chi connectivity index (χ1) is 5.27. The van der Waals surface area contributed by atoms with Gasteiger partial charge in [-0.3, -0.25) is 4.79 Å². The highest BCUT2D eigenvalue weighted by atomic mass is 79.9. The summed E-state index contributed by atoms with van der Waals surface area (Å²) in [4.78, 5) is 12.3. The predicted octanol–water partition coefficient (Wildman–Crippen LogP) is 3.10. The lowest BCUT2D eigenvalue weighted by molar-refractivity contribution is 0.0971. The van der Waals surface area contributed by atoms with Crippen LogP contribution >= 0.6 is 27.3 Å². The van der Waals surface area contributed by atoms with Crippen LogP contribution in [0.15, 0.2) is 15.9 Å². The van der Waals surface area contributed by atoms with Gasteiger partial charge in [0.25, 0.3) is 0 Å². The molecule has 0 atom stereocenters. The van der Waals surface area contributed by atoms with Crippen molar-refractivity contribution < 1.29 is 4.79 Å². The van der Waals surface area contributed by atoms with E-state index in [0.717, 1.165) is 21.5 Å². The highest BCUT2D eigenvalue weighted by Crippen LogP contribution is 2.35. The van der Waals surface area contributed by atoms with Crippen molar-refractivity contribution in [3.8, 4) is 0 Å². The summed E-state index contributed by atoms with van der Waals surface area (Å²) < 4.78 is 1.04. The van der Waals surface area contributed by atoms with Crippen LogP contribution in [0.3, 0.4) is 0 Å². The van der Waals surface area contributed by atoms with Crippen LogP contribution in [0.2, 0.25) is 0 Å². The van der Waals surface area contributed by atoms with E-state index >= 15 is 0 Å². The van der Waals surface area contributed by atoms with Gasteiger partial charge in [0, 0.05) is 5.92 Å². The number of hydrogen-bond donors (Lipinski definition) is 0. The van der Waals surface area contributed by atoms with E-state index in [-0.39, 0.29) is 0 Å². The largest absolute Gasteiger partial charge is 0.293 e. The fourth-order valence-electron chi connectivity index (χ4n) is 0.993. The molecule has 0 aliphatic heterocycles. The molecule has 3 heteroatoms. The molecule has 11 heavy (non-hydrogen) atoms. The van der Waals surface area contributed by atoms with E-state index in [1.165, 1.54) is 11.3 Å². The second-order valence-corrected chi connectivity index (χ2v) is 5.21. The summed E-state index contributed by atoms with van der Waals surface area (Å²) in [6.45, 7) is 0. The van der Waals surface area contributed by atoms with Crippen molar-refractivity contribution >= 4 is 33.0 Å². The van der Waals surface area contributed by atoms with Gasteiger partial charge in [-0.25, -0.2) is 0 Å². The Morgan fingerprint density at radius 2 is 2.27 bits per heavy atom. The molecule has 1 saturated carbocycles. The van der Waals surface area contributed by atoms with Crippen molar-refractivity contribution in [2.75, 3.05) is 0 Å². The maximum Gasteiger partial charge on any atom is 0.175 e. The van der Waals surface area contributed by atoms with Gasteiger partial charge in [0.05, 0.1) is 8.66 Å². The normalized spacial score (nSPS) is 16.8. The van der Waals surface area contributed by atoms with Crippen LogP contribution in [0.5, 0.6) is 0 Å². The molecule has 2 rings (SSSR count). The summed E-state index contributed by atoms with van der Waals surface area (Å²) in [5, 5.41) is 0. The van der Waals surface area contributed by atoms with Gasteiger partial charge >= 0.3 is 0 Å². The SMILES string of the molecule is O=C(c1ccc(Br)s1)C1CC1. The number of carbonyl (C=O) groups excluding carboxylic acids is 1. The zero-order valence-corrected chi connectivity index (χ0v) is 8.24. The Hall–Kier alpha value is -0.150. The monoisotopic (exact) mass is 230 g/mol. The number of thiophene rings is 1. The highest BCUT2D eigenvalue weighted by molar-refractivity contribution is 9.11. The Bertz CT molecular complexity index is 288. The number of carbonyl (C=O) groups is 1. The lowest BCUT2D eigenvalue weighted by Crippen LogP contribution is -1.96. The Morgan fingerprint density at radius 1 is 1.55 bits per heavy atom. The van der Waals surface area contributed by atoms with E-state index in [1.807, 2.05) is 12.1 Å². The van der Waals surface area contributed by atoms with Crippen molar-refractivity contribution in [1.29, 1.82) is 0 Å². The topological polar surface area (TPSA) is 17.1 Å². The quantitative estimate of drug-likeness (QED) is 0.714. The summed E-state index contributed by atoms with van der Waals surface area (Å²) >= 11 is 4.87. The minimum atomic E-state index is 0.334. The van der Waals surface area contributed by atoms with Crippen LogP contribution in [0.25, 0.3) is 0 Å². The molecule has 1 aromatic heterocycles. The molecule has 1 nitrogen and oxygen atoms in total. The molecule has 1 aliphatic rings. The summed E-state index contributed by atoms with van der Waals surface area (Å²) in [5.74, 6) is 0.682. The Kier molecular flexibility index (Phi) is 1.85. The maximum atomic E-state index is 11.4. The number of Topliss-reactive ketones (excluding diaryl/α,β-unsaturated/α-hetero) is 1. The molecule has 1 fully saturated rings. The van der Waals surface area contributed by atoms with Crippen LogP contribution < -0.4 is 0 Å². The molecule has 0 unspecified atom stereocenters. The third-order valence-electron chi connectivity index (χ3n) is 1.76. The predicted molar refractivity (Wildman–Crippen MR) is 49.1 cm³/mol. The first-order valence-electron chi connectivity index (χ1n) is 3.57. The van der Waals surface area contributed by atoms with E-state index in [2.05, 4.69) is 15.9 Å². The molecule has 0 N–H and O–H groups in total. The van der Waals surface area contributed by atoms with Crippen LogP contribution in [0.4, 0.5) is 0 Å². The van der Waals surface area contributed by atoms with Gasteiger partial charge in [-0.15, -0.1) is 11.3 Å². The van der Waals surface area contributed by atoms with Crippen molar-refractivity contribution in [1.82, 2.24) is 0 Å². The molecular formula is C8H7BrOS. The Balaban J connectivity index is 2.21. The molecule has 58 valence electrons. The molecule has 0 saturated heterocycles. The second-order valence-electron chi connectivity index (χ2n) is 2.74. The van der Waals surface area contributed by atoms with Gasteiger partial charge in [0.15, 0.2) is 5.78 Å². The number of rotatable bonds is 2. The van der Waals surface area contributed by atoms with Crippen LogP contribution in [0.1, 0.15) is 22.5 Å². The van der Waals surface area contributed by atoms with Gasteiger partial charge in [0.2, 0.25) is 0 Å². The zero-order chi connectivity index (χ0) is 7.84. The molecule has 0 spiro atoms. The first kappa shape index (κ1) is 7.50. The first-order valence-corrected chi connectivity index (χ1v) is 5.18. The van der Waals surface area contributed by atoms with Gasteiger partial charge in [-0.05, 0) is 40.9 Å². The van der Waals surface area contributed by atoms with Gasteiger partial charge in [0.1, 0.15) is 0 Å². The second kappa shape index (κ2) is 2.72. The van der Waals surface area contributed by atoms with Crippen molar-refractivity contribution in [3.05, 3.63) is 20.8 Å². The van der Waals surface area contributed by atoms with Gasteiger partial charge < -0.3 is 0 Å². The van der Waals surface area contributed by atoms with Crippen molar-refractivity contribution in [2.24, 2.45) is 5.92 Å². The molecule has 0 amide bonds. The number of hydrogen-bond acceptors (Lipinski definition) is 2.